The number of benzene rings is 2. The number of halogens is 2. The van der Waals surface area contributed by atoms with Crippen molar-refractivity contribution in [2.24, 2.45) is 0 Å². The molecule has 0 bridgehead atoms. The van der Waals surface area contributed by atoms with E-state index >= 15 is 0 Å². The minimum Gasteiger partial charge on any atom is -0.404 e. The minimum absolute atomic E-state index is 0.00437. The van der Waals surface area contributed by atoms with Gasteiger partial charge in [0.2, 0.25) is 5.88 Å². The molecule has 0 atom stereocenters. The van der Waals surface area contributed by atoms with Crippen LogP contribution in [0.4, 0.5) is 17.3 Å². The zero-order valence-corrected chi connectivity index (χ0v) is 12.2. The van der Waals surface area contributed by atoms with Crippen molar-refractivity contribution in [3.05, 3.63) is 62.9 Å². The van der Waals surface area contributed by atoms with Gasteiger partial charge in [-0.15, -0.1) is 0 Å². The molecule has 0 aliphatic heterocycles. The fourth-order valence-corrected chi connectivity index (χ4v) is 2.53. The molecule has 0 spiro atoms. The number of nitrogens with two attached hydrogens (primary N) is 1. The first-order valence-corrected chi connectivity index (χ1v) is 6.85. The van der Waals surface area contributed by atoms with Crippen molar-refractivity contribution in [3.8, 4) is 0 Å². The average molecular weight is 321 g/mol. The number of hydrogen-bond donors (Lipinski definition) is 2. The normalized spacial score (nSPS) is 10.8. The van der Waals surface area contributed by atoms with Crippen molar-refractivity contribution in [3.63, 3.8) is 0 Å². The fraction of sp³-hybridized carbons (Fsp3) is 0. The van der Waals surface area contributed by atoms with Crippen LogP contribution in [0.1, 0.15) is 0 Å². The molecule has 106 valence electrons. The molecule has 1 heterocycles. The number of hydrogen-bond acceptors (Lipinski definition) is 4. The number of anilines is 3. The Hall–Kier alpha value is -2.17. The number of fused-ring (bicyclic) bond motifs is 1. The molecule has 3 rings (SSSR count). The Bertz CT molecular complexity index is 890. The second-order valence-corrected chi connectivity index (χ2v) is 5.27. The van der Waals surface area contributed by atoms with Crippen molar-refractivity contribution in [2.75, 3.05) is 11.1 Å². The Balaban J connectivity index is 2.19. The van der Waals surface area contributed by atoms with Gasteiger partial charge in [-0.1, -0.05) is 41.4 Å². The second kappa shape index (κ2) is 5.31. The molecule has 1 aromatic heterocycles. The van der Waals surface area contributed by atoms with Crippen molar-refractivity contribution in [1.82, 2.24) is 0 Å². The van der Waals surface area contributed by atoms with Gasteiger partial charge >= 0.3 is 5.63 Å². The summed E-state index contributed by atoms with van der Waals surface area (Å²) in [4.78, 5) is 11.8. The smallest absolute Gasteiger partial charge is 0.345 e. The van der Waals surface area contributed by atoms with Crippen molar-refractivity contribution in [2.45, 2.75) is 0 Å². The molecule has 2 aromatic carbocycles. The van der Waals surface area contributed by atoms with Gasteiger partial charge in [0, 0.05) is 10.4 Å². The van der Waals surface area contributed by atoms with E-state index in [1.165, 1.54) is 0 Å². The zero-order chi connectivity index (χ0) is 15.0. The van der Waals surface area contributed by atoms with E-state index in [1.54, 1.807) is 36.4 Å². The highest BCUT2D eigenvalue weighted by Crippen LogP contribution is 2.33. The van der Waals surface area contributed by atoms with Crippen LogP contribution in [0, 0.1) is 0 Å². The van der Waals surface area contributed by atoms with E-state index in [9.17, 15) is 4.79 Å². The van der Waals surface area contributed by atoms with Crippen LogP contribution in [0.25, 0.3) is 10.8 Å². The molecule has 0 fully saturated rings. The van der Waals surface area contributed by atoms with E-state index in [-0.39, 0.29) is 5.88 Å². The summed E-state index contributed by atoms with van der Waals surface area (Å²) < 4.78 is 5.05. The summed E-state index contributed by atoms with van der Waals surface area (Å²) in [6, 6.07) is 12.1. The highest BCUT2D eigenvalue weighted by molar-refractivity contribution is 6.36. The first-order chi connectivity index (χ1) is 10.1. The Morgan fingerprint density at radius 1 is 1.05 bits per heavy atom. The fourth-order valence-electron chi connectivity index (χ4n) is 2.07. The van der Waals surface area contributed by atoms with Gasteiger partial charge in [0.15, 0.2) is 0 Å². The summed E-state index contributed by atoms with van der Waals surface area (Å²) in [5.41, 5.74) is 6.45. The van der Waals surface area contributed by atoms with E-state index < -0.39 is 5.63 Å². The molecule has 3 aromatic rings. The topological polar surface area (TPSA) is 68.3 Å². The first kappa shape index (κ1) is 13.8. The first-order valence-electron chi connectivity index (χ1n) is 6.09. The van der Waals surface area contributed by atoms with Gasteiger partial charge in [0.25, 0.3) is 0 Å². The largest absolute Gasteiger partial charge is 0.404 e. The van der Waals surface area contributed by atoms with Crippen LogP contribution in [-0.2, 0) is 0 Å². The van der Waals surface area contributed by atoms with Crippen molar-refractivity contribution < 1.29 is 4.42 Å². The van der Waals surface area contributed by atoms with Crippen LogP contribution in [0.15, 0.2) is 51.7 Å². The molecule has 0 aliphatic rings. The average Bonchev–Trinajstić information content (AvgIpc) is 2.45. The summed E-state index contributed by atoms with van der Waals surface area (Å²) in [5, 5.41) is 5.17. The lowest BCUT2D eigenvalue weighted by Gasteiger charge is -2.12. The predicted octanol–water partition coefficient (Wildman–Crippen LogP) is 4.43. The van der Waals surface area contributed by atoms with Crippen LogP contribution in [0.3, 0.4) is 0 Å². The molecule has 0 amide bonds. The van der Waals surface area contributed by atoms with Crippen LogP contribution in [0.5, 0.6) is 0 Å². The number of nitrogens with one attached hydrogen (secondary N) is 1. The molecule has 0 aliphatic carbocycles. The van der Waals surface area contributed by atoms with Gasteiger partial charge in [0.1, 0.15) is 5.69 Å². The third-order valence-electron chi connectivity index (χ3n) is 3.06. The molecule has 4 nitrogen and oxygen atoms in total. The van der Waals surface area contributed by atoms with E-state index in [0.717, 1.165) is 0 Å². The summed E-state index contributed by atoms with van der Waals surface area (Å²) in [7, 11) is 0. The molecule has 0 unspecified atom stereocenters. The Labute approximate surface area is 130 Å². The molecule has 0 radical (unpaired) electrons. The third kappa shape index (κ3) is 2.55. The molecular weight excluding hydrogens is 311 g/mol. The maximum atomic E-state index is 11.8. The van der Waals surface area contributed by atoms with Gasteiger partial charge in [0.05, 0.1) is 16.1 Å². The summed E-state index contributed by atoms with van der Waals surface area (Å²) in [6.45, 7) is 0. The summed E-state index contributed by atoms with van der Waals surface area (Å²) >= 11 is 12.0. The third-order valence-corrected chi connectivity index (χ3v) is 3.60. The van der Waals surface area contributed by atoms with Gasteiger partial charge < -0.3 is 15.5 Å². The Morgan fingerprint density at radius 2 is 1.76 bits per heavy atom. The monoisotopic (exact) mass is 320 g/mol. The van der Waals surface area contributed by atoms with Crippen LogP contribution < -0.4 is 16.7 Å². The second-order valence-electron chi connectivity index (χ2n) is 4.42. The van der Waals surface area contributed by atoms with Gasteiger partial charge in [-0.05, 0) is 24.3 Å². The molecule has 0 saturated carbocycles. The van der Waals surface area contributed by atoms with E-state index in [4.69, 9.17) is 33.4 Å². The SMILES string of the molecule is Nc1oc(=O)c2ccccc2c1Nc1ccc(Cl)cc1Cl. The number of nitrogen functional groups attached to an aromatic ring is 1. The molecule has 0 saturated heterocycles. The van der Waals surface area contributed by atoms with Gasteiger partial charge in [-0.2, -0.15) is 0 Å². The Kier molecular flexibility index (Phi) is 3.49. The lowest BCUT2D eigenvalue weighted by molar-refractivity contribution is 0.542. The highest BCUT2D eigenvalue weighted by Gasteiger charge is 2.12. The van der Waals surface area contributed by atoms with Crippen LogP contribution in [0.2, 0.25) is 10.0 Å². The maximum Gasteiger partial charge on any atom is 0.345 e. The Morgan fingerprint density at radius 3 is 2.48 bits per heavy atom. The highest BCUT2D eigenvalue weighted by atomic mass is 35.5. The zero-order valence-electron chi connectivity index (χ0n) is 10.7. The standard InChI is InChI=1S/C15H10Cl2N2O2/c16-8-5-6-12(11(17)7-8)19-13-9-3-1-2-4-10(9)15(20)21-14(13)18/h1-7,19H,18H2. The number of rotatable bonds is 2. The van der Waals surface area contributed by atoms with Crippen LogP contribution >= 0.6 is 23.2 Å². The van der Waals surface area contributed by atoms with Crippen LogP contribution in [-0.4, -0.2) is 0 Å². The minimum atomic E-state index is -0.476. The van der Waals surface area contributed by atoms with Crippen molar-refractivity contribution >= 4 is 51.2 Å². The lowest BCUT2D eigenvalue weighted by atomic mass is 10.1. The predicted molar refractivity (Wildman–Crippen MR) is 86.6 cm³/mol. The maximum absolute atomic E-state index is 11.8. The van der Waals surface area contributed by atoms with E-state index in [1.807, 2.05) is 6.07 Å². The molecular formula is C15H10Cl2N2O2. The molecule has 21 heavy (non-hydrogen) atoms. The van der Waals surface area contributed by atoms with E-state index in [0.29, 0.717) is 32.2 Å². The molecule has 3 N–H and O–H groups in total. The van der Waals surface area contributed by atoms with E-state index in [2.05, 4.69) is 5.32 Å². The van der Waals surface area contributed by atoms with Crippen molar-refractivity contribution in [1.29, 1.82) is 0 Å². The molecule has 6 heteroatoms. The summed E-state index contributed by atoms with van der Waals surface area (Å²) in [5.74, 6) is 0.00437. The quantitative estimate of drug-likeness (QED) is 0.733. The summed E-state index contributed by atoms with van der Waals surface area (Å²) in [6.07, 6.45) is 0. The van der Waals surface area contributed by atoms with Gasteiger partial charge in [-0.25, -0.2) is 4.79 Å². The van der Waals surface area contributed by atoms with Gasteiger partial charge in [-0.3, -0.25) is 0 Å². The lowest BCUT2D eigenvalue weighted by Crippen LogP contribution is -2.06.